The van der Waals surface area contributed by atoms with Crippen LogP contribution in [0.2, 0.25) is 0 Å². The lowest BCUT2D eigenvalue weighted by atomic mass is 13.1. The van der Waals surface area contributed by atoms with Gasteiger partial charge in [-0.3, -0.25) is 27.3 Å². The number of rotatable bonds is 0. The van der Waals surface area contributed by atoms with Crippen molar-refractivity contribution >= 4 is 31.2 Å². The molecule has 0 aromatic rings. The maximum atomic E-state index is 8.74. The van der Waals surface area contributed by atoms with E-state index in [0.717, 1.165) is 0 Å². The molecule has 0 rings (SSSR count). The molecule has 0 unspecified atom stereocenters. The van der Waals surface area contributed by atoms with Crippen LogP contribution < -0.4 is 0 Å². The summed E-state index contributed by atoms with van der Waals surface area (Å²) in [5.41, 5.74) is 0. The molecule has 0 fully saturated rings. The first kappa shape index (κ1) is 26.4. The molecule has 0 heterocycles. The van der Waals surface area contributed by atoms with Crippen molar-refractivity contribution < 1.29 is 62.9 Å². The van der Waals surface area contributed by atoms with Gasteiger partial charge in [0.15, 0.2) is 0 Å². The Hall–Kier alpha value is -1.19. The third-order valence-electron chi connectivity index (χ3n) is 0. The molecule has 0 amide bonds. The number of hydrogen-bond donors (Lipinski definition) is 7. The van der Waals surface area contributed by atoms with Crippen LogP contribution >= 0.6 is 0 Å². The van der Waals surface area contributed by atoms with Gasteiger partial charge in [-0.2, -0.15) is 25.3 Å². The zero-order valence-electron chi connectivity index (χ0n) is 8.07. The van der Waals surface area contributed by atoms with Gasteiger partial charge in [0.05, 0.1) is 0 Å². The molecule has 120 valence electrons. The molecule has 0 spiro atoms. The number of hydrogen-bond acceptors (Lipinski definition) is 8. The molecule has 0 saturated carbocycles. The Bertz CT molecular complexity index is 415. The van der Waals surface area contributed by atoms with Crippen LogP contribution in [0, 0.1) is 10.1 Å². The van der Waals surface area contributed by atoms with Gasteiger partial charge < -0.3 is 5.21 Å². The fraction of sp³-hybridized carbons (Fsp3) is 0. The highest BCUT2D eigenvalue weighted by Gasteiger charge is 1.85. The second kappa shape index (κ2) is 10.7. The Labute approximate surface area is 105 Å². The average molecular weight is 357 g/mol. The molecule has 0 atom stereocenters. The van der Waals surface area contributed by atoms with Crippen LogP contribution in [0.3, 0.4) is 0 Å². The van der Waals surface area contributed by atoms with E-state index in [9.17, 15) is 0 Å². The third kappa shape index (κ3) is 2600. The monoisotopic (exact) mass is 357 g/mol. The summed E-state index contributed by atoms with van der Waals surface area (Å²) < 4.78 is 94.8. The van der Waals surface area contributed by atoms with E-state index in [1.165, 1.54) is 0 Å². The van der Waals surface area contributed by atoms with Crippen molar-refractivity contribution in [2.45, 2.75) is 0 Å². The minimum atomic E-state index is -4.67. The largest absolute Gasteiger partial charge is 0.394 e. The summed E-state index contributed by atoms with van der Waals surface area (Å²) in [4.78, 5) is 8.36. The van der Waals surface area contributed by atoms with Crippen molar-refractivity contribution in [1.29, 1.82) is 0 Å². The molecule has 7 N–H and O–H groups in total. The second-order valence-corrected chi connectivity index (χ2v) is 4.27. The summed E-state index contributed by atoms with van der Waals surface area (Å²) in [6, 6.07) is 0. The van der Waals surface area contributed by atoms with Crippen LogP contribution in [-0.4, -0.2) is 62.9 Å². The fourth-order valence-electron chi connectivity index (χ4n) is 0. The van der Waals surface area contributed by atoms with Gasteiger partial charge >= 0.3 is 31.2 Å². The molecular formula is H7NO15S3. The van der Waals surface area contributed by atoms with Crippen molar-refractivity contribution in [3.63, 3.8) is 0 Å². The van der Waals surface area contributed by atoms with Crippen LogP contribution in [0.5, 0.6) is 0 Å². The van der Waals surface area contributed by atoms with E-state index in [0.29, 0.717) is 0 Å². The molecule has 0 radical (unpaired) electrons. The van der Waals surface area contributed by atoms with E-state index in [4.69, 9.17) is 67.9 Å². The van der Waals surface area contributed by atoms with Gasteiger partial charge in [0, 0.05) is 0 Å². The lowest BCUT2D eigenvalue weighted by Gasteiger charge is -1.68. The van der Waals surface area contributed by atoms with Gasteiger partial charge in [-0.05, 0) is 0 Å². The van der Waals surface area contributed by atoms with Crippen molar-refractivity contribution in [3.05, 3.63) is 10.1 Å². The molecule has 0 aromatic heterocycles. The first-order chi connectivity index (χ1) is 7.73. The van der Waals surface area contributed by atoms with Crippen LogP contribution in [0.15, 0.2) is 0 Å². The first-order valence-electron chi connectivity index (χ1n) is 2.66. The quantitative estimate of drug-likeness (QED) is 0.136. The maximum Gasteiger partial charge on any atom is 0.394 e. The normalized spacial score (nSPS) is 10.4. The van der Waals surface area contributed by atoms with E-state index in [-0.39, 0.29) is 0 Å². The average Bonchev–Trinajstić information content (AvgIpc) is 1.66. The zero-order chi connectivity index (χ0) is 17.1. The van der Waals surface area contributed by atoms with E-state index in [1.54, 1.807) is 0 Å². The molecule has 0 aliphatic heterocycles. The predicted octanol–water partition coefficient (Wildman–Crippen LogP) is -2.31. The Morgan fingerprint density at radius 3 is 0.632 bits per heavy atom. The smallest absolute Gasteiger partial charge is 0.328 e. The molecule has 0 saturated heterocycles. The molecule has 0 aliphatic carbocycles. The van der Waals surface area contributed by atoms with E-state index >= 15 is 0 Å². The molecular weight excluding hydrogens is 350 g/mol. The van der Waals surface area contributed by atoms with E-state index < -0.39 is 36.3 Å². The predicted molar refractivity (Wildman–Crippen MR) is 51.3 cm³/mol. The summed E-state index contributed by atoms with van der Waals surface area (Å²) in [5, 5.41) is 13.6. The van der Waals surface area contributed by atoms with Crippen LogP contribution in [-0.2, 0) is 31.2 Å². The standard InChI is InChI=1S/HNO3.3H2O4S/c2-1(3)4;3*1-5(2,3)4/h(H,2,3,4);3*(H2,1,2,3,4). The van der Waals surface area contributed by atoms with Crippen molar-refractivity contribution in [2.75, 3.05) is 0 Å². The topological polar surface area (TPSA) is 287 Å². The van der Waals surface area contributed by atoms with Crippen LogP contribution in [0.4, 0.5) is 0 Å². The van der Waals surface area contributed by atoms with Crippen molar-refractivity contribution in [2.24, 2.45) is 0 Å². The molecule has 0 aromatic carbocycles. The summed E-state index contributed by atoms with van der Waals surface area (Å²) in [6.45, 7) is 0. The lowest BCUT2D eigenvalue weighted by molar-refractivity contribution is -0.742. The highest BCUT2D eigenvalue weighted by Crippen LogP contribution is 1.60. The van der Waals surface area contributed by atoms with Crippen LogP contribution in [0.25, 0.3) is 0 Å². The fourth-order valence-corrected chi connectivity index (χ4v) is 0. The zero-order valence-corrected chi connectivity index (χ0v) is 10.5. The Morgan fingerprint density at radius 1 is 0.632 bits per heavy atom. The summed E-state index contributed by atoms with van der Waals surface area (Å²) in [5.74, 6) is 0. The van der Waals surface area contributed by atoms with Gasteiger partial charge in [0.1, 0.15) is 0 Å². The third-order valence-corrected chi connectivity index (χ3v) is 0. The van der Waals surface area contributed by atoms with Crippen molar-refractivity contribution in [3.8, 4) is 0 Å². The Balaban J connectivity index is -0.0000000793. The van der Waals surface area contributed by atoms with Gasteiger partial charge in [-0.1, -0.05) is 0 Å². The minimum absolute atomic E-state index is 1.50. The van der Waals surface area contributed by atoms with E-state index in [1.807, 2.05) is 0 Å². The van der Waals surface area contributed by atoms with Gasteiger partial charge in [-0.15, -0.1) is 10.1 Å². The van der Waals surface area contributed by atoms with Gasteiger partial charge in [-0.25, -0.2) is 0 Å². The summed E-state index contributed by atoms with van der Waals surface area (Å²) in [7, 11) is -14.0. The molecule has 0 bridgehead atoms. The molecule has 19 heteroatoms. The SMILES string of the molecule is O=S(=O)(O)O.O=S(=O)(O)O.O=S(=O)(O)O.O=[N+]([O-])O. The Kier molecular flexibility index (Phi) is 14.9. The minimum Gasteiger partial charge on any atom is -0.328 e. The van der Waals surface area contributed by atoms with Crippen LogP contribution in [0.1, 0.15) is 0 Å². The summed E-state index contributed by atoms with van der Waals surface area (Å²) >= 11 is 0. The molecule has 19 heavy (non-hydrogen) atoms. The second-order valence-electron chi connectivity index (χ2n) is 1.58. The van der Waals surface area contributed by atoms with E-state index in [2.05, 4.69) is 0 Å². The summed E-state index contributed by atoms with van der Waals surface area (Å²) in [6.07, 6.45) is 0. The number of nitrogens with zero attached hydrogens (tertiary/aromatic N) is 1. The first-order valence-corrected chi connectivity index (χ1v) is 6.85. The van der Waals surface area contributed by atoms with Crippen molar-refractivity contribution in [1.82, 2.24) is 0 Å². The highest BCUT2D eigenvalue weighted by molar-refractivity contribution is 7.80. The Morgan fingerprint density at radius 2 is 0.632 bits per heavy atom. The molecule has 0 aliphatic rings. The van der Waals surface area contributed by atoms with Gasteiger partial charge in [0.25, 0.3) is 5.09 Å². The highest BCUT2D eigenvalue weighted by atomic mass is 32.3. The lowest BCUT2D eigenvalue weighted by Crippen LogP contribution is -1.89. The maximum absolute atomic E-state index is 8.74. The van der Waals surface area contributed by atoms with Gasteiger partial charge in [0.2, 0.25) is 0 Å². The molecule has 16 nitrogen and oxygen atoms in total.